The fourth-order valence-corrected chi connectivity index (χ4v) is 3.17. The molecule has 26 heavy (non-hydrogen) atoms. The molecule has 4 rings (SSSR count). The first kappa shape index (κ1) is 16.1. The Morgan fingerprint density at radius 3 is 2.42 bits per heavy atom. The van der Waals surface area contributed by atoms with E-state index >= 15 is 0 Å². The average molecular weight is 343 g/mol. The van der Waals surface area contributed by atoms with Gasteiger partial charge in [-0.2, -0.15) is 0 Å². The molecule has 0 aliphatic carbocycles. The Hall–Kier alpha value is -3.40. The van der Waals surface area contributed by atoms with Crippen molar-refractivity contribution in [2.45, 2.75) is 13.0 Å². The molecule has 1 atom stereocenters. The molecule has 128 valence electrons. The number of pyridine rings is 2. The first-order valence-electron chi connectivity index (χ1n) is 8.64. The number of aromatic nitrogens is 2. The molecule has 4 nitrogen and oxygen atoms in total. The second-order valence-corrected chi connectivity index (χ2v) is 6.40. The summed E-state index contributed by atoms with van der Waals surface area (Å²) in [5, 5.41) is 15.4. The molecule has 4 heteroatoms. The summed E-state index contributed by atoms with van der Waals surface area (Å²) in [7, 11) is 0. The van der Waals surface area contributed by atoms with Crippen LogP contribution in [-0.4, -0.2) is 5.11 Å². The molecule has 4 aromatic rings. The summed E-state index contributed by atoms with van der Waals surface area (Å²) in [5.41, 5.74) is 3.84. The zero-order chi connectivity index (χ0) is 17.9. The predicted molar refractivity (Wildman–Crippen MR) is 102 cm³/mol. The molecule has 4 N–H and O–H groups in total. The number of phenolic OH excluding ortho intramolecular Hbond substituents is 1. The number of rotatable bonds is 4. The second kappa shape index (κ2) is 6.84. The van der Waals surface area contributed by atoms with Gasteiger partial charge in [0.2, 0.25) is 0 Å². The van der Waals surface area contributed by atoms with E-state index in [1.807, 2.05) is 54.9 Å². The summed E-state index contributed by atoms with van der Waals surface area (Å²) in [6.07, 6.45) is 3.70. The lowest BCUT2D eigenvalue weighted by Crippen LogP contribution is -2.19. The van der Waals surface area contributed by atoms with Crippen LogP contribution < -0.4 is 15.3 Å². The van der Waals surface area contributed by atoms with Crippen LogP contribution >= 0.6 is 0 Å². The van der Waals surface area contributed by atoms with E-state index in [4.69, 9.17) is 0 Å². The van der Waals surface area contributed by atoms with Crippen molar-refractivity contribution in [3.05, 3.63) is 95.8 Å². The van der Waals surface area contributed by atoms with E-state index in [1.165, 1.54) is 5.56 Å². The SMILES string of the molecule is Cc1ccc(C(Nc2cccc[nH+]2)c2ccc3ccc[nH+]c3c2O)cc1. The number of aromatic amines is 2. The minimum absolute atomic E-state index is 0.188. The largest absolute Gasteiger partial charge is 0.502 e. The molecular formula is C22H21N3O+2. The maximum Gasteiger partial charge on any atom is 0.272 e. The number of nitrogens with one attached hydrogen (secondary N) is 3. The Labute approximate surface area is 152 Å². The van der Waals surface area contributed by atoms with Crippen molar-refractivity contribution in [2.75, 3.05) is 5.32 Å². The minimum Gasteiger partial charge on any atom is -0.502 e. The standard InChI is InChI=1S/C22H19N3O/c1-15-7-9-17(10-8-15)20(25-19-6-2-3-13-23-19)18-12-11-16-5-4-14-24-21(16)22(18)26/h2-14,20,26H,1H3,(H,23,25)/p+2. The molecule has 2 heterocycles. The molecule has 0 saturated carbocycles. The van der Waals surface area contributed by atoms with Gasteiger partial charge in [-0.25, -0.2) is 9.97 Å². The molecule has 0 bridgehead atoms. The van der Waals surface area contributed by atoms with Gasteiger partial charge in [0.25, 0.3) is 11.3 Å². The number of hydrogen-bond acceptors (Lipinski definition) is 2. The Bertz CT molecular complexity index is 1030. The van der Waals surface area contributed by atoms with Gasteiger partial charge in [0, 0.05) is 23.3 Å². The molecule has 0 aliphatic heterocycles. The number of fused-ring (bicyclic) bond motifs is 1. The van der Waals surface area contributed by atoms with Crippen molar-refractivity contribution in [1.82, 2.24) is 0 Å². The summed E-state index contributed by atoms with van der Waals surface area (Å²) in [6, 6.07) is 22.0. The third kappa shape index (κ3) is 3.09. The molecule has 2 aromatic heterocycles. The van der Waals surface area contributed by atoms with Crippen LogP contribution in [0.1, 0.15) is 22.7 Å². The van der Waals surface area contributed by atoms with Gasteiger partial charge in [0.05, 0.1) is 11.6 Å². The summed E-state index contributed by atoms with van der Waals surface area (Å²) >= 11 is 0. The van der Waals surface area contributed by atoms with E-state index in [2.05, 4.69) is 46.5 Å². The van der Waals surface area contributed by atoms with Crippen molar-refractivity contribution in [3.8, 4) is 5.75 Å². The van der Waals surface area contributed by atoms with Crippen LogP contribution in [0.15, 0.2) is 79.1 Å². The van der Waals surface area contributed by atoms with Crippen LogP contribution in [0.3, 0.4) is 0 Å². The number of benzene rings is 2. The van der Waals surface area contributed by atoms with Crippen molar-refractivity contribution >= 4 is 16.7 Å². The summed E-state index contributed by atoms with van der Waals surface area (Å²) in [5.74, 6) is 1.15. The Balaban J connectivity index is 1.84. The van der Waals surface area contributed by atoms with Gasteiger partial charge in [0.15, 0.2) is 11.9 Å². The first-order chi connectivity index (χ1) is 12.7. The normalized spacial score (nSPS) is 12.0. The van der Waals surface area contributed by atoms with E-state index in [0.717, 1.165) is 27.8 Å². The lowest BCUT2D eigenvalue weighted by atomic mass is 9.95. The minimum atomic E-state index is -0.188. The zero-order valence-electron chi connectivity index (χ0n) is 14.5. The highest BCUT2D eigenvalue weighted by atomic mass is 16.3. The summed E-state index contributed by atoms with van der Waals surface area (Å²) < 4.78 is 0. The van der Waals surface area contributed by atoms with Crippen molar-refractivity contribution in [1.29, 1.82) is 0 Å². The van der Waals surface area contributed by atoms with Crippen LogP contribution in [0, 0.1) is 6.92 Å². The number of anilines is 1. The average Bonchev–Trinajstić information content (AvgIpc) is 2.69. The van der Waals surface area contributed by atoms with E-state index in [1.54, 1.807) is 0 Å². The van der Waals surface area contributed by atoms with Crippen LogP contribution in [0.25, 0.3) is 10.9 Å². The Kier molecular flexibility index (Phi) is 4.23. The van der Waals surface area contributed by atoms with Gasteiger partial charge in [-0.05, 0) is 31.2 Å². The van der Waals surface area contributed by atoms with Crippen molar-refractivity contribution in [2.24, 2.45) is 0 Å². The summed E-state index contributed by atoms with van der Waals surface area (Å²) in [6.45, 7) is 2.07. The highest BCUT2D eigenvalue weighted by Gasteiger charge is 2.25. The second-order valence-electron chi connectivity index (χ2n) is 6.40. The molecule has 2 aromatic carbocycles. The van der Waals surface area contributed by atoms with Crippen LogP contribution in [0.2, 0.25) is 0 Å². The maximum atomic E-state index is 10.9. The summed E-state index contributed by atoms with van der Waals surface area (Å²) in [4.78, 5) is 6.36. The first-order valence-corrected chi connectivity index (χ1v) is 8.64. The zero-order valence-corrected chi connectivity index (χ0v) is 14.5. The number of H-pyrrole nitrogens is 2. The molecule has 0 fully saturated rings. The van der Waals surface area contributed by atoms with Gasteiger partial charge in [-0.3, -0.25) is 5.32 Å². The van der Waals surface area contributed by atoms with E-state index in [0.29, 0.717) is 0 Å². The highest BCUT2D eigenvalue weighted by Crippen LogP contribution is 2.35. The number of phenols is 1. The molecule has 0 radical (unpaired) electrons. The van der Waals surface area contributed by atoms with Gasteiger partial charge in [0.1, 0.15) is 6.04 Å². The lowest BCUT2D eigenvalue weighted by molar-refractivity contribution is -0.361. The third-order valence-electron chi connectivity index (χ3n) is 4.57. The Morgan fingerprint density at radius 1 is 0.846 bits per heavy atom. The third-order valence-corrected chi connectivity index (χ3v) is 4.57. The lowest BCUT2D eigenvalue weighted by Gasteiger charge is -2.17. The highest BCUT2D eigenvalue weighted by molar-refractivity contribution is 5.83. The van der Waals surface area contributed by atoms with E-state index < -0.39 is 0 Å². The fourth-order valence-electron chi connectivity index (χ4n) is 3.17. The maximum absolute atomic E-state index is 10.9. The van der Waals surface area contributed by atoms with Crippen LogP contribution in [0.5, 0.6) is 5.75 Å². The van der Waals surface area contributed by atoms with Gasteiger partial charge < -0.3 is 5.11 Å². The number of aromatic hydroxyl groups is 1. The molecule has 0 saturated heterocycles. The van der Waals surface area contributed by atoms with E-state index in [-0.39, 0.29) is 11.8 Å². The molecule has 0 spiro atoms. The molecule has 1 unspecified atom stereocenters. The monoisotopic (exact) mass is 343 g/mol. The number of aryl methyl sites for hydroxylation is 1. The van der Waals surface area contributed by atoms with Gasteiger partial charge in [-0.1, -0.05) is 35.9 Å². The van der Waals surface area contributed by atoms with Crippen LogP contribution in [-0.2, 0) is 0 Å². The van der Waals surface area contributed by atoms with Gasteiger partial charge >= 0.3 is 0 Å². The predicted octanol–water partition coefficient (Wildman–Crippen LogP) is 3.68. The quantitative estimate of drug-likeness (QED) is 0.594. The topological polar surface area (TPSA) is 60.5 Å². The Morgan fingerprint density at radius 2 is 1.65 bits per heavy atom. The molecule has 0 amide bonds. The number of hydrogen-bond donors (Lipinski definition) is 2. The van der Waals surface area contributed by atoms with Crippen molar-refractivity contribution < 1.29 is 15.1 Å². The fraction of sp³-hybridized carbons (Fsp3) is 0.0909. The molecular weight excluding hydrogens is 322 g/mol. The van der Waals surface area contributed by atoms with E-state index in [9.17, 15) is 5.11 Å². The van der Waals surface area contributed by atoms with Crippen molar-refractivity contribution in [3.63, 3.8) is 0 Å². The van der Waals surface area contributed by atoms with Crippen LogP contribution in [0.4, 0.5) is 5.82 Å². The van der Waals surface area contributed by atoms with Gasteiger partial charge in [-0.15, -0.1) is 0 Å². The smallest absolute Gasteiger partial charge is 0.272 e. The molecule has 0 aliphatic rings.